The predicted molar refractivity (Wildman–Crippen MR) is 69.5 cm³/mol. The molecule has 0 fully saturated rings. The highest BCUT2D eigenvalue weighted by atomic mass is 16.5. The van der Waals surface area contributed by atoms with Crippen molar-refractivity contribution in [2.75, 3.05) is 7.11 Å². The molecule has 0 spiro atoms. The lowest BCUT2D eigenvalue weighted by Gasteiger charge is -2.15. The molecule has 2 N–H and O–H groups in total. The number of nitrogens with two attached hydrogens (primary N) is 1. The van der Waals surface area contributed by atoms with Gasteiger partial charge in [0.05, 0.1) is 25.0 Å². The van der Waals surface area contributed by atoms with Crippen molar-refractivity contribution in [3.05, 3.63) is 41.5 Å². The minimum Gasteiger partial charge on any atom is -0.493 e. The van der Waals surface area contributed by atoms with E-state index >= 15 is 0 Å². The first-order valence-corrected chi connectivity index (χ1v) is 5.96. The van der Waals surface area contributed by atoms with Gasteiger partial charge in [-0.05, 0) is 26.0 Å². The van der Waals surface area contributed by atoms with E-state index < -0.39 is 0 Å². The van der Waals surface area contributed by atoms with Crippen molar-refractivity contribution in [1.82, 2.24) is 14.8 Å². The maximum absolute atomic E-state index is 6.28. The first kappa shape index (κ1) is 12.6. The van der Waals surface area contributed by atoms with Crippen LogP contribution in [-0.2, 0) is 6.54 Å². The van der Waals surface area contributed by atoms with Crippen LogP contribution in [0.3, 0.4) is 0 Å². The Bertz CT molecular complexity index is 514. The van der Waals surface area contributed by atoms with E-state index in [-0.39, 0.29) is 6.04 Å². The number of nitrogens with zero attached hydrogens (tertiary/aromatic N) is 3. The Morgan fingerprint density at radius 2 is 2.22 bits per heavy atom. The lowest BCUT2D eigenvalue weighted by Crippen LogP contribution is -2.19. The van der Waals surface area contributed by atoms with Crippen LogP contribution in [0.4, 0.5) is 0 Å². The average Bonchev–Trinajstić information content (AvgIpc) is 2.80. The van der Waals surface area contributed by atoms with Gasteiger partial charge in [-0.15, -0.1) is 0 Å². The van der Waals surface area contributed by atoms with Gasteiger partial charge >= 0.3 is 0 Å². The lowest BCUT2D eigenvalue weighted by molar-refractivity contribution is 0.404. The van der Waals surface area contributed by atoms with Gasteiger partial charge in [0.25, 0.3) is 0 Å². The minimum absolute atomic E-state index is 0.331. The van der Waals surface area contributed by atoms with Gasteiger partial charge in [-0.25, -0.2) is 0 Å². The van der Waals surface area contributed by atoms with Crippen molar-refractivity contribution < 1.29 is 4.74 Å². The highest BCUT2D eigenvalue weighted by molar-refractivity contribution is 5.33. The Kier molecular flexibility index (Phi) is 3.62. The average molecular weight is 246 g/mol. The van der Waals surface area contributed by atoms with Gasteiger partial charge in [0, 0.05) is 12.2 Å². The number of ether oxygens (including phenoxy) is 1. The number of rotatable bonds is 4. The number of methoxy groups -OCH3 is 1. The summed E-state index contributed by atoms with van der Waals surface area (Å²) in [6.45, 7) is 4.72. The fourth-order valence-electron chi connectivity index (χ4n) is 1.98. The monoisotopic (exact) mass is 246 g/mol. The van der Waals surface area contributed by atoms with E-state index in [1.54, 1.807) is 13.3 Å². The van der Waals surface area contributed by atoms with E-state index in [0.717, 1.165) is 23.6 Å². The Labute approximate surface area is 107 Å². The van der Waals surface area contributed by atoms with Crippen LogP contribution in [0.5, 0.6) is 5.75 Å². The van der Waals surface area contributed by atoms with E-state index in [4.69, 9.17) is 10.5 Å². The summed E-state index contributed by atoms with van der Waals surface area (Å²) < 4.78 is 7.15. The van der Waals surface area contributed by atoms with Crippen molar-refractivity contribution >= 4 is 0 Å². The van der Waals surface area contributed by atoms with Gasteiger partial charge < -0.3 is 10.5 Å². The van der Waals surface area contributed by atoms with Crippen LogP contribution >= 0.6 is 0 Å². The molecule has 0 aliphatic rings. The Balaban J connectivity index is 2.44. The molecule has 0 aliphatic carbocycles. The molecule has 1 unspecified atom stereocenters. The summed E-state index contributed by atoms with van der Waals surface area (Å²) in [5, 5.41) is 4.26. The Morgan fingerprint density at radius 1 is 1.44 bits per heavy atom. The molecule has 1 atom stereocenters. The number of hydrogen-bond acceptors (Lipinski definition) is 4. The summed E-state index contributed by atoms with van der Waals surface area (Å²) in [5.74, 6) is 0.702. The maximum atomic E-state index is 6.28. The maximum Gasteiger partial charge on any atom is 0.161 e. The van der Waals surface area contributed by atoms with Gasteiger partial charge in [-0.2, -0.15) is 5.10 Å². The second-order valence-corrected chi connectivity index (χ2v) is 4.10. The third-order valence-corrected chi connectivity index (χ3v) is 2.89. The van der Waals surface area contributed by atoms with Gasteiger partial charge in [0.2, 0.25) is 0 Å². The molecule has 5 heteroatoms. The van der Waals surface area contributed by atoms with Gasteiger partial charge in [-0.1, -0.05) is 6.07 Å². The zero-order valence-electron chi connectivity index (χ0n) is 10.9. The molecule has 2 aromatic rings. The van der Waals surface area contributed by atoms with Gasteiger partial charge in [0.15, 0.2) is 5.75 Å². The van der Waals surface area contributed by atoms with Crippen molar-refractivity contribution in [1.29, 1.82) is 0 Å². The number of pyridine rings is 1. The van der Waals surface area contributed by atoms with Crippen LogP contribution in [0.25, 0.3) is 0 Å². The van der Waals surface area contributed by atoms with Crippen molar-refractivity contribution in [3.8, 4) is 5.75 Å². The smallest absolute Gasteiger partial charge is 0.161 e. The van der Waals surface area contributed by atoms with E-state index in [1.165, 1.54) is 0 Å². The van der Waals surface area contributed by atoms with Crippen molar-refractivity contribution in [2.24, 2.45) is 5.73 Å². The van der Waals surface area contributed by atoms with Crippen molar-refractivity contribution in [2.45, 2.75) is 26.4 Å². The number of aryl methyl sites for hydroxylation is 2. The SMILES string of the molecule is CCn1ncc(OC)c1C(N)c1cccc(C)n1. The molecule has 5 nitrogen and oxygen atoms in total. The van der Waals surface area contributed by atoms with Crippen LogP contribution in [0.15, 0.2) is 24.4 Å². The molecule has 96 valence electrons. The first-order chi connectivity index (χ1) is 8.67. The second kappa shape index (κ2) is 5.18. The van der Waals surface area contributed by atoms with E-state index in [1.807, 2.05) is 36.7 Å². The molecule has 0 radical (unpaired) electrons. The molecule has 2 heterocycles. The standard InChI is InChI=1S/C13H18N4O/c1-4-17-13(11(18-3)8-15-17)12(14)10-7-5-6-9(2)16-10/h5-8,12H,4,14H2,1-3H3. The largest absolute Gasteiger partial charge is 0.493 e. The minimum atomic E-state index is -0.331. The van der Waals surface area contributed by atoms with Crippen LogP contribution in [0.1, 0.15) is 30.0 Å². The lowest BCUT2D eigenvalue weighted by atomic mass is 10.1. The quantitative estimate of drug-likeness (QED) is 0.891. The predicted octanol–water partition coefficient (Wildman–Crippen LogP) is 1.66. The third kappa shape index (κ3) is 2.22. The molecular weight excluding hydrogens is 228 g/mol. The van der Waals surface area contributed by atoms with Crippen molar-refractivity contribution in [3.63, 3.8) is 0 Å². The Hall–Kier alpha value is -1.88. The molecule has 18 heavy (non-hydrogen) atoms. The van der Waals surface area contributed by atoms with E-state index in [0.29, 0.717) is 5.75 Å². The number of hydrogen-bond donors (Lipinski definition) is 1. The molecule has 0 saturated carbocycles. The summed E-state index contributed by atoms with van der Waals surface area (Å²) in [7, 11) is 1.62. The highest BCUT2D eigenvalue weighted by Gasteiger charge is 2.20. The second-order valence-electron chi connectivity index (χ2n) is 4.10. The van der Waals surface area contributed by atoms with Crippen LogP contribution in [0.2, 0.25) is 0 Å². The summed E-state index contributed by atoms with van der Waals surface area (Å²) in [4.78, 5) is 4.46. The van der Waals surface area contributed by atoms with Gasteiger partial charge in [0.1, 0.15) is 5.69 Å². The molecule has 0 aliphatic heterocycles. The number of aromatic nitrogens is 3. The topological polar surface area (TPSA) is 66.0 Å². The fourth-order valence-corrected chi connectivity index (χ4v) is 1.98. The van der Waals surface area contributed by atoms with E-state index in [2.05, 4.69) is 10.1 Å². The molecule has 2 rings (SSSR count). The molecule has 0 aromatic carbocycles. The zero-order valence-corrected chi connectivity index (χ0v) is 10.9. The zero-order chi connectivity index (χ0) is 13.1. The molecule has 0 amide bonds. The molecule has 0 saturated heterocycles. The first-order valence-electron chi connectivity index (χ1n) is 5.96. The van der Waals surface area contributed by atoms with E-state index in [9.17, 15) is 0 Å². The highest BCUT2D eigenvalue weighted by Crippen LogP contribution is 2.27. The fraction of sp³-hybridized carbons (Fsp3) is 0.385. The summed E-state index contributed by atoms with van der Waals surface area (Å²) >= 11 is 0. The van der Waals surface area contributed by atoms with Crippen LogP contribution in [0, 0.1) is 6.92 Å². The molecule has 2 aromatic heterocycles. The van der Waals surface area contributed by atoms with Crippen LogP contribution in [-0.4, -0.2) is 21.9 Å². The summed E-state index contributed by atoms with van der Waals surface area (Å²) in [6.07, 6.45) is 1.69. The summed E-state index contributed by atoms with van der Waals surface area (Å²) in [5.41, 5.74) is 8.91. The van der Waals surface area contributed by atoms with Gasteiger partial charge in [-0.3, -0.25) is 9.67 Å². The molecular formula is C13H18N4O. The molecule has 0 bridgehead atoms. The normalized spacial score (nSPS) is 12.4. The Morgan fingerprint density at radius 3 is 2.83 bits per heavy atom. The summed E-state index contributed by atoms with van der Waals surface area (Å²) in [6, 6.07) is 5.49. The third-order valence-electron chi connectivity index (χ3n) is 2.89. The van der Waals surface area contributed by atoms with Crippen LogP contribution < -0.4 is 10.5 Å².